The van der Waals surface area contributed by atoms with Crippen LogP contribution in [0.1, 0.15) is 25.3 Å². The molecule has 0 radical (unpaired) electrons. The van der Waals surface area contributed by atoms with E-state index in [1.54, 1.807) is 0 Å². The zero-order valence-corrected chi connectivity index (χ0v) is 18.2. The third kappa shape index (κ3) is 6.05. The molecule has 0 spiro atoms. The van der Waals surface area contributed by atoms with E-state index in [4.69, 9.17) is 9.73 Å². The molecule has 1 saturated heterocycles. The van der Waals surface area contributed by atoms with Crippen LogP contribution in [0.2, 0.25) is 0 Å². The molecule has 27 heavy (non-hydrogen) atoms. The summed E-state index contributed by atoms with van der Waals surface area (Å²) in [5.74, 6) is 0.810. The third-order valence-electron chi connectivity index (χ3n) is 5.04. The highest BCUT2D eigenvalue weighted by atomic mass is 127. The van der Waals surface area contributed by atoms with Gasteiger partial charge in [-0.3, -0.25) is 0 Å². The fraction of sp³-hybridized carbons (Fsp3) is 0.476. The zero-order valence-electron chi connectivity index (χ0n) is 15.9. The van der Waals surface area contributed by atoms with Gasteiger partial charge >= 0.3 is 0 Å². The van der Waals surface area contributed by atoms with Crippen LogP contribution in [-0.2, 0) is 11.3 Å². The molecule has 0 bridgehead atoms. The van der Waals surface area contributed by atoms with E-state index in [9.17, 15) is 5.11 Å². The summed E-state index contributed by atoms with van der Waals surface area (Å²) in [6, 6.07) is 14.8. The average Bonchev–Trinajstić information content (AvgIpc) is 3.13. The number of aliphatic imine (C=N–C) groups is 1. The van der Waals surface area contributed by atoms with E-state index in [0.29, 0.717) is 13.2 Å². The second-order valence-corrected chi connectivity index (χ2v) is 7.01. The Morgan fingerprint density at radius 3 is 2.70 bits per heavy atom. The van der Waals surface area contributed by atoms with Crippen molar-refractivity contribution >= 4 is 40.7 Å². The summed E-state index contributed by atoms with van der Waals surface area (Å²) in [5.41, 5.74) is 1.20. The van der Waals surface area contributed by atoms with Crippen LogP contribution >= 0.6 is 24.0 Å². The van der Waals surface area contributed by atoms with E-state index in [1.165, 1.54) is 16.3 Å². The Morgan fingerprint density at radius 1 is 1.19 bits per heavy atom. The number of hydrogen-bond acceptors (Lipinski definition) is 3. The number of guanidine groups is 1. The molecule has 0 aromatic heterocycles. The molecule has 148 valence electrons. The van der Waals surface area contributed by atoms with Crippen LogP contribution in [0.4, 0.5) is 0 Å². The van der Waals surface area contributed by atoms with Crippen LogP contribution in [0.15, 0.2) is 47.5 Å². The second-order valence-electron chi connectivity index (χ2n) is 7.01. The largest absolute Gasteiger partial charge is 0.396 e. The Bertz CT molecular complexity index is 745. The summed E-state index contributed by atoms with van der Waals surface area (Å²) in [6.07, 6.45) is 1.73. The predicted molar refractivity (Wildman–Crippen MR) is 122 cm³/mol. The zero-order chi connectivity index (χ0) is 18.2. The highest BCUT2D eigenvalue weighted by Crippen LogP contribution is 2.31. The first kappa shape index (κ1) is 21.9. The number of aliphatic hydroxyl groups is 1. The number of aliphatic hydroxyl groups excluding tert-OH is 1. The summed E-state index contributed by atoms with van der Waals surface area (Å²) in [5, 5.41) is 18.6. The molecule has 1 aliphatic rings. The molecule has 2 aromatic carbocycles. The van der Waals surface area contributed by atoms with Crippen LogP contribution in [0, 0.1) is 5.41 Å². The maximum Gasteiger partial charge on any atom is 0.191 e. The quantitative estimate of drug-likeness (QED) is 0.321. The first-order valence-corrected chi connectivity index (χ1v) is 9.43. The van der Waals surface area contributed by atoms with E-state index >= 15 is 0 Å². The van der Waals surface area contributed by atoms with Gasteiger partial charge in [-0.2, -0.15) is 0 Å². The second kappa shape index (κ2) is 10.8. The molecule has 3 N–H and O–H groups in total. The van der Waals surface area contributed by atoms with Gasteiger partial charge in [-0.1, -0.05) is 36.4 Å². The smallest absolute Gasteiger partial charge is 0.191 e. The lowest BCUT2D eigenvalue weighted by Gasteiger charge is -2.27. The summed E-state index contributed by atoms with van der Waals surface area (Å²) < 4.78 is 5.56. The van der Waals surface area contributed by atoms with Gasteiger partial charge in [0.15, 0.2) is 5.96 Å². The number of benzene rings is 2. The lowest BCUT2D eigenvalue weighted by atomic mass is 9.84. The molecule has 1 heterocycles. The van der Waals surface area contributed by atoms with Crippen molar-refractivity contribution in [3.63, 3.8) is 0 Å². The van der Waals surface area contributed by atoms with E-state index in [2.05, 4.69) is 60.0 Å². The molecule has 0 amide bonds. The Balaban J connectivity index is 0.00000261. The number of halogens is 1. The molecule has 5 nitrogen and oxygen atoms in total. The number of hydrogen-bond donors (Lipinski definition) is 3. The van der Waals surface area contributed by atoms with Crippen molar-refractivity contribution in [2.24, 2.45) is 10.4 Å². The van der Waals surface area contributed by atoms with E-state index in [1.807, 2.05) is 0 Å². The number of rotatable bonds is 7. The lowest BCUT2D eigenvalue weighted by molar-refractivity contribution is 0.127. The highest BCUT2D eigenvalue weighted by Gasteiger charge is 2.34. The number of nitrogens with one attached hydrogen (secondary N) is 2. The SMILES string of the molecule is CCNC(=NCc1ccc2ccccc2c1)NCC1(CCO)CCOC1.I. The molecular formula is C21H30IN3O2. The van der Waals surface area contributed by atoms with Crippen molar-refractivity contribution in [3.05, 3.63) is 48.0 Å². The van der Waals surface area contributed by atoms with Gasteiger partial charge in [-0.05, 0) is 42.2 Å². The molecule has 3 rings (SSSR count). The Kier molecular flexibility index (Phi) is 8.79. The molecule has 1 atom stereocenters. The summed E-state index contributed by atoms with van der Waals surface area (Å²) in [4.78, 5) is 4.73. The first-order valence-electron chi connectivity index (χ1n) is 9.43. The number of fused-ring (bicyclic) bond motifs is 1. The van der Waals surface area contributed by atoms with Gasteiger partial charge < -0.3 is 20.5 Å². The Morgan fingerprint density at radius 2 is 2.00 bits per heavy atom. The molecule has 1 fully saturated rings. The normalized spacial score (nSPS) is 19.7. The molecule has 1 aliphatic heterocycles. The predicted octanol–water partition coefficient (Wildman–Crippen LogP) is 3.30. The van der Waals surface area contributed by atoms with Gasteiger partial charge in [0.05, 0.1) is 13.2 Å². The van der Waals surface area contributed by atoms with Crippen LogP contribution in [0.3, 0.4) is 0 Å². The van der Waals surface area contributed by atoms with Gasteiger partial charge in [-0.25, -0.2) is 4.99 Å². The standard InChI is InChI=1S/C21H29N3O2.HI/c1-2-22-20(24-15-21(9-11-25)10-12-26-16-21)23-14-17-7-8-18-5-3-4-6-19(18)13-17;/h3-8,13,25H,2,9-12,14-16H2,1H3,(H2,22,23,24);1H. The molecular weight excluding hydrogens is 453 g/mol. The van der Waals surface area contributed by atoms with Crippen LogP contribution in [0.5, 0.6) is 0 Å². The fourth-order valence-electron chi connectivity index (χ4n) is 3.43. The van der Waals surface area contributed by atoms with E-state index in [0.717, 1.165) is 38.5 Å². The van der Waals surface area contributed by atoms with Crippen molar-refractivity contribution in [1.82, 2.24) is 10.6 Å². The van der Waals surface area contributed by atoms with Gasteiger partial charge in [-0.15, -0.1) is 24.0 Å². The minimum atomic E-state index is 0. The topological polar surface area (TPSA) is 65.9 Å². The molecule has 6 heteroatoms. The summed E-state index contributed by atoms with van der Waals surface area (Å²) in [7, 11) is 0. The monoisotopic (exact) mass is 483 g/mol. The van der Waals surface area contributed by atoms with Crippen molar-refractivity contribution in [2.45, 2.75) is 26.3 Å². The van der Waals surface area contributed by atoms with Gasteiger partial charge in [0.1, 0.15) is 0 Å². The van der Waals surface area contributed by atoms with E-state index in [-0.39, 0.29) is 36.0 Å². The molecule has 2 aromatic rings. The lowest BCUT2D eigenvalue weighted by Crippen LogP contribution is -2.44. The average molecular weight is 483 g/mol. The van der Waals surface area contributed by atoms with Crippen LogP contribution in [0.25, 0.3) is 10.8 Å². The molecule has 0 saturated carbocycles. The minimum Gasteiger partial charge on any atom is -0.396 e. The molecule has 0 aliphatic carbocycles. The third-order valence-corrected chi connectivity index (χ3v) is 5.04. The first-order chi connectivity index (χ1) is 12.7. The van der Waals surface area contributed by atoms with E-state index < -0.39 is 0 Å². The number of nitrogens with zero attached hydrogens (tertiary/aromatic N) is 1. The highest BCUT2D eigenvalue weighted by molar-refractivity contribution is 14.0. The number of ether oxygens (including phenoxy) is 1. The molecule has 1 unspecified atom stereocenters. The van der Waals surface area contributed by atoms with Crippen molar-refractivity contribution in [2.75, 3.05) is 32.9 Å². The minimum absolute atomic E-state index is 0. The van der Waals surface area contributed by atoms with Gasteiger partial charge in [0.25, 0.3) is 0 Å². The summed E-state index contributed by atoms with van der Waals surface area (Å²) in [6.45, 7) is 5.93. The maximum absolute atomic E-state index is 9.37. The Hall–Kier alpha value is -1.38. The van der Waals surface area contributed by atoms with Crippen LogP contribution in [-0.4, -0.2) is 44.0 Å². The van der Waals surface area contributed by atoms with Crippen LogP contribution < -0.4 is 10.6 Å². The van der Waals surface area contributed by atoms with Crippen molar-refractivity contribution in [3.8, 4) is 0 Å². The van der Waals surface area contributed by atoms with Crippen molar-refractivity contribution in [1.29, 1.82) is 0 Å². The summed E-state index contributed by atoms with van der Waals surface area (Å²) >= 11 is 0. The Labute approximate surface area is 178 Å². The van der Waals surface area contributed by atoms with Gasteiger partial charge in [0, 0.05) is 31.7 Å². The van der Waals surface area contributed by atoms with Gasteiger partial charge in [0.2, 0.25) is 0 Å². The maximum atomic E-state index is 9.37. The fourth-order valence-corrected chi connectivity index (χ4v) is 3.43. The van der Waals surface area contributed by atoms with Crippen molar-refractivity contribution < 1.29 is 9.84 Å².